The largest absolute Gasteiger partial charge is 0.497 e. The summed E-state index contributed by atoms with van der Waals surface area (Å²) in [5.41, 5.74) is 3.44. The molecule has 0 amide bonds. The molecule has 1 N–H and O–H groups in total. The van der Waals surface area contributed by atoms with Gasteiger partial charge in [0.25, 0.3) is 0 Å². The first-order chi connectivity index (χ1) is 12.0. The summed E-state index contributed by atoms with van der Waals surface area (Å²) in [6, 6.07) is 16.3. The van der Waals surface area contributed by atoms with Crippen LogP contribution >= 0.6 is 12.2 Å². The van der Waals surface area contributed by atoms with Gasteiger partial charge in [0.05, 0.1) is 13.8 Å². The second-order valence-corrected chi connectivity index (χ2v) is 6.52. The summed E-state index contributed by atoms with van der Waals surface area (Å²) in [5.74, 6) is 1.66. The molecule has 2 aromatic carbocycles. The van der Waals surface area contributed by atoms with E-state index in [4.69, 9.17) is 17.0 Å². The van der Waals surface area contributed by atoms with Gasteiger partial charge in [0, 0.05) is 12.1 Å². The topological polar surface area (TPSA) is 46.1 Å². The van der Waals surface area contributed by atoms with E-state index in [9.17, 15) is 0 Å². The van der Waals surface area contributed by atoms with Crippen LogP contribution in [0.4, 0.5) is 0 Å². The smallest absolute Gasteiger partial charge is 0.217 e. The normalized spacial score (nSPS) is 11.0. The Balaban J connectivity index is 1.72. The number of ether oxygens (including phenoxy) is 1. The molecule has 3 rings (SSSR count). The van der Waals surface area contributed by atoms with E-state index in [2.05, 4.69) is 40.1 Å². The molecule has 0 spiro atoms. The third kappa shape index (κ3) is 4.35. The van der Waals surface area contributed by atoms with Gasteiger partial charge in [0.1, 0.15) is 5.75 Å². The Morgan fingerprint density at radius 1 is 1.20 bits per heavy atom. The van der Waals surface area contributed by atoms with Crippen molar-refractivity contribution in [2.24, 2.45) is 0 Å². The summed E-state index contributed by atoms with van der Waals surface area (Å²) in [5, 5.41) is 3.29. The van der Waals surface area contributed by atoms with Gasteiger partial charge in [-0.25, -0.2) is 4.68 Å². The van der Waals surface area contributed by atoms with Gasteiger partial charge in [-0.3, -0.25) is 10.00 Å². The van der Waals surface area contributed by atoms with Crippen LogP contribution in [0.2, 0.25) is 0 Å². The molecular formula is C19H22N4OS. The molecule has 0 atom stereocenters. The van der Waals surface area contributed by atoms with Crippen LogP contribution in [-0.2, 0) is 13.2 Å². The van der Waals surface area contributed by atoms with E-state index in [0.717, 1.165) is 23.7 Å². The maximum Gasteiger partial charge on any atom is 0.217 e. The number of hydrogen-bond acceptors (Lipinski definition) is 4. The van der Waals surface area contributed by atoms with E-state index in [1.807, 2.05) is 42.1 Å². The fraction of sp³-hybridized carbons (Fsp3) is 0.263. The first-order valence-electron chi connectivity index (χ1n) is 8.10. The molecule has 25 heavy (non-hydrogen) atoms. The minimum Gasteiger partial charge on any atom is -0.497 e. The van der Waals surface area contributed by atoms with Gasteiger partial charge in [-0.05, 0) is 43.9 Å². The predicted molar refractivity (Wildman–Crippen MR) is 102 cm³/mol. The number of aryl methyl sites for hydroxylation is 1. The summed E-state index contributed by atoms with van der Waals surface area (Å²) in [4.78, 5) is 6.64. The summed E-state index contributed by atoms with van der Waals surface area (Å²) in [7, 11) is 3.73. The van der Waals surface area contributed by atoms with Crippen molar-refractivity contribution >= 4 is 12.2 Å². The molecule has 0 fully saturated rings. The Morgan fingerprint density at radius 3 is 2.68 bits per heavy atom. The van der Waals surface area contributed by atoms with Crippen LogP contribution in [-0.4, -0.2) is 33.8 Å². The lowest BCUT2D eigenvalue weighted by Crippen LogP contribution is -2.22. The molecule has 0 saturated carbocycles. The lowest BCUT2D eigenvalue weighted by molar-refractivity contribution is 0.244. The van der Waals surface area contributed by atoms with E-state index < -0.39 is 0 Å². The fourth-order valence-electron chi connectivity index (χ4n) is 2.67. The van der Waals surface area contributed by atoms with Gasteiger partial charge in [0.2, 0.25) is 4.77 Å². The van der Waals surface area contributed by atoms with Crippen molar-refractivity contribution in [1.29, 1.82) is 0 Å². The molecule has 0 aliphatic carbocycles. The third-order valence-electron chi connectivity index (χ3n) is 3.97. The Kier molecular flexibility index (Phi) is 5.31. The van der Waals surface area contributed by atoms with E-state index in [-0.39, 0.29) is 0 Å². The number of hydrogen-bond donors (Lipinski definition) is 1. The number of nitrogens with zero attached hydrogens (tertiary/aromatic N) is 3. The summed E-state index contributed by atoms with van der Waals surface area (Å²) < 4.78 is 7.71. The number of aromatic nitrogens is 3. The Bertz CT molecular complexity index is 898. The zero-order valence-electron chi connectivity index (χ0n) is 14.7. The van der Waals surface area contributed by atoms with E-state index >= 15 is 0 Å². The Morgan fingerprint density at radius 2 is 1.96 bits per heavy atom. The average molecular weight is 354 g/mol. The van der Waals surface area contributed by atoms with Crippen LogP contribution < -0.4 is 4.74 Å². The predicted octanol–water partition coefficient (Wildman–Crippen LogP) is 4.01. The quantitative estimate of drug-likeness (QED) is 0.679. The van der Waals surface area contributed by atoms with Crippen LogP contribution in [0.5, 0.6) is 5.75 Å². The van der Waals surface area contributed by atoms with E-state index in [1.165, 1.54) is 11.1 Å². The first kappa shape index (κ1) is 17.4. The SMILES string of the molecule is COc1cccc(CN(C)Cn2[nH]c(-c3ccc(C)cc3)nc2=S)c1. The molecule has 0 bridgehead atoms. The second kappa shape index (κ2) is 7.63. The molecule has 0 unspecified atom stereocenters. The van der Waals surface area contributed by atoms with E-state index in [0.29, 0.717) is 11.4 Å². The van der Waals surface area contributed by atoms with E-state index in [1.54, 1.807) is 7.11 Å². The number of H-pyrrole nitrogens is 1. The first-order valence-corrected chi connectivity index (χ1v) is 8.51. The van der Waals surface area contributed by atoms with Crippen LogP contribution in [0, 0.1) is 11.7 Å². The highest BCUT2D eigenvalue weighted by Gasteiger charge is 2.08. The van der Waals surface area contributed by atoms with Crippen molar-refractivity contribution in [3.05, 3.63) is 64.4 Å². The van der Waals surface area contributed by atoms with Crippen molar-refractivity contribution < 1.29 is 4.74 Å². The van der Waals surface area contributed by atoms with Crippen LogP contribution in [0.3, 0.4) is 0 Å². The van der Waals surface area contributed by atoms with Crippen LogP contribution in [0.15, 0.2) is 48.5 Å². The van der Waals surface area contributed by atoms with Gasteiger partial charge >= 0.3 is 0 Å². The lowest BCUT2D eigenvalue weighted by Gasteiger charge is -2.17. The highest BCUT2D eigenvalue weighted by molar-refractivity contribution is 7.71. The summed E-state index contributed by atoms with van der Waals surface area (Å²) in [6.45, 7) is 3.49. The highest BCUT2D eigenvalue weighted by atomic mass is 32.1. The number of benzene rings is 2. The zero-order chi connectivity index (χ0) is 17.8. The average Bonchev–Trinajstić information content (AvgIpc) is 2.96. The molecule has 6 heteroatoms. The maximum atomic E-state index is 5.40. The van der Waals surface area contributed by atoms with Crippen molar-refractivity contribution in [1.82, 2.24) is 19.7 Å². The van der Waals surface area contributed by atoms with Crippen LogP contribution in [0.1, 0.15) is 11.1 Å². The van der Waals surface area contributed by atoms with Crippen molar-refractivity contribution in [2.45, 2.75) is 20.1 Å². The summed E-state index contributed by atoms with van der Waals surface area (Å²) >= 11 is 5.40. The number of aromatic amines is 1. The molecule has 0 aliphatic rings. The molecule has 0 radical (unpaired) electrons. The molecule has 0 aliphatic heterocycles. The highest BCUT2D eigenvalue weighted by Crippen LogP contribution is 2.17. The molecule has 1 aromatic heterocycles. The van der Waals surface area contributed by atoms with Gasteiger partial charge in [-0.2, -0.15) is 4.98 Å². The summed E-state index contributed by atoms with van der Waals surface area (Å²) in [6.07, 6.45) is 0. The van der Waals surface area contributed by atoms with Crippen molar-refractivity contribution in [2.75, 3.05) is 14.2 Å². The molecule has 130 valence electrons. The number of nitrogens with one attached hydrogen (secondary N) is 1. The number of methoxy groups -OCH3 is 1. The fourth-order valence-corrected chi connectivity index (χ4v) is 2.86. The molecule has 5 nitrogen and oxygen atoms in total. The monoisotopic (exact) mass is 354 g/mol. The van der Waals surface area contributed by atoms with Gasteiger partial charge in [0.15, 0.2) is 5.82 Å². The van der Waals surface area contributed by atoms with Crippen LogP contribution in [0.25, 0.3) is 11.4 Å². The molecule has 0 saturated heterocycles. The zero-order valence-corrected chi connectivity index (χ0v) is 15.5. The molecular weight excluding hydrogens is 332 g/mol. The molecule has 1 heterocycles. The van der Waals surface area contributed by atoms with Gasteiger partial charge in [-0.15, -0.1) is 0 Å². The van der Waals surface area contributed by atoms with Gasteiger partial charge < -0.3 is 4.74 Å². The minimum atomic E-state index is 0.549. The van der Waals surface area contributed by atoms with Gasteiger partial charge in [-0.1, -0.05) is 42.0 Å². The Labute approximate surface area is 152 Å². The second-order valence-electron chi connectivity index (χ2n) is 6.16. The standard InChI is InChI=1S/C19H22N4OS/c1-14-7-9-16(10-8-14)18-20-19(25)23(21-18)13-22(2)12-15-5-4-6-17(11-15)24-3/h4-11H,12-13H2,1-3H3,(H,20,21,25). The van der Waals surface area contributed by atoms with Crippen molar-refractivity contribution in [3.8, 4) is 17.1 Å². The maximum absolute atomic E-state index is 5.40. The Hall–Kier alpha value is -2.44. The number of rotatable bonds is 6. The third-order valence-corrected chi connectivity index (χ3v) is 4.29. The minimum absolute atomic E-state index is 0.549. The van der Waals surface area contributed by atoms with Crippen molar-refractivity contribution in [3.63, 3.8) is 0 Å². The lowest BCUT2D eigenvalue weighted by atomic mass is 10.1. The molecule has 3 aromatic rings.